The number of nitrogens with two attached hydrogens (primary N) is 1. The first-order valence-electron chi connectivity index (χ1n) is 3.27. The fourth-order valence-electron chi connectivity index (χ4n) is 1.01. The molecular formula is C5H8N4OS. The molecule has 0 amide bonds. The summed E-state index contributed by atoms with van der Waals surface area (Å²) in [5.41, 5.74) is 5.49. The highest BCUT2D eigenvalue weighted by Crippen LogP contribution is 2.24. The zero-order valence-corrected chi connectivity index (χ0v) is 6.58. The van der Waals surface area contributed by atoms with Crippen LogP contribution in [0.5, 0.6) is 0 Å². The van der Waals surface area contributed by atoms with Gasteiger partial charge in [0, 0.05) is 5.75 Å². The molecule has 6 heteroatoms. The van der Waals surface area contributed by atoms with E-state index in [-0.39, 0.29) is 6.10 Å². The Hall–Kier alpha value is -0.750. The van der Waals surface area contributed by atoms with Crippen LogP contribution in [-0.2, 0) is 6.54 Å². The standard InChI is InChI=1S/C5H8N4OS/c6-4-7-8-5-9(4)1-3(10)2-11-5/h3,10H,1-2H2,(H2,6,7)/t3-/m0/s1. The van der Waals surface area contributed by atoms with E-state index in [1.54, 1.807) is 4.57 Å². The van der Waals surface area contributed by atoms with Crippen molar-refractivity contribution in [2.24, 2.45) is 0 Å². The van der Waals surface area contributed by atoms with Gasteiger partial charge in [0.25, 0.3) is 0 Å². The first kappa shape index (κ1) is 6.93. The van der Waals surface area contributed by atoms with Crippen LogP contribution in [0.3, 0.4) is 0 Å². The maximum absolute atomic E-state index is 9.25. The van der Waals surface area contributed by atoms with Gasteiger partial charge in [-0.05, 0) is 0 Å². The summed E-state index contributed by atoms with van der Waals surface area (Å²) in [6.07, 6.45) is -0.328. The third-order valence-electron chi connectivity index (χ3n) is 1.54. The van der Waals surface area contributed by atoms with Crippen LogP contribution >= 0.6 is 11.8 Å². The third kappa shape index (κ3) is 1.08. The molecule has 0 saturated carbocycles. The van der Waals surface area contributed by atoms with Gasteiger partial charge in [0.2, 0.25) is 5.95 Å². The second-order valence-corrected chi connectivity index (χ2v) is 3.40. The number of aliphatic hydroxyl groups is 1. The molecule has 0 fully saturated rings. The second kappa shape index (κ2) is 2.38. The number of aromatic nitrogens is 3. The highest BCUT2D eigenvalue weighted by atomic mass is 32.2. The van der Waals surface area contributed by atoms with Gasteiger partial charge in [-0.1, -0.05) is 11.8 Å². The lowest BCUT2D eigenvalue weighted by atomic mass is 10.4. The van der Waals surface area contributed by atoms with Crippen molar-refractivity contribution in [2.45, 2.75) is 17.8 Å². The van der Waals surface area contributed by atoms with Crippen LogP contribution in [-0.4, -0.2) is 31.7 Å². The lowest BCUT2D eigenvalue weighted by molar-refractivity contribution is 0.171. The molecule has 0 aliphatic carbocycles. The molecule has 0 saturated heterocycles. The minimum Gasteiger partial charge on any atom is -0.390 e. The van der Waals surface area contributed by atoms with E-state index in [2.05, 4.69) is 10.2 Å². The van der Waals surface area contributed by atoms with Crippen LogP contribution in [0.15, 0.2) is 5.16 Å². The summed E-state index contributed by atoms with van der Waals surface area (Å²) in [6, 6.07) is 0. The summed E-state index contributed by atoms with van der Waals surface area (Å²) in [5, 5.41) is 17.6. The molecule has 0 bridgehead atoms. The van der Waals surface area contributed by atoms with Crippen LogP contribution in [0.2, 0.25) is 0 Å². The van der Waals surface area contributed by atoms with Gasteiger partial charge in [-0.2, -0.15) is 0 Å². The first-order chi connectivity index (χ1) is 5.27. The molecule has 1 aliphatic rings. The average Bonchev–Trinajstić information content (AvgIpc) is 2.33. The number of anilines is 1. The van der Waals surface area contributed by atoms with Gasteiger partial charge in [-0.3, -0.25) is 4.57 Å². The second-order valence-electron chi connectivity index (χ2n) is 2.42. The predicted octanol–water partition coefficient (Wildman–Crippen LogP) is -0.673. The molecule has 5 nitrogen and oxygen atoms in total. The van der Waals surface area contributed by atoms with E-state index in [1.165, 1.54) is 11.8 Å². The summed E-state index contributed by atoms with van der Waals surface area (Å²) in [6.45, 7) is 0.515. The highest BCUT2D eigenvalue weighted by molar-refractivity contribution is 7.99. The van der Waals surface area contributed by atoms with E-state index < -0.39 is 0 Å². The monoisotopic (exact) mass is 172 g/mol. The number of thioether (sulfide) groups is 1. The molecular weight excluding hydrogens is 164 g/mol. The Kier molecular flexibility index (Phi) is 1.50. The van der Waals surface area contributed by atoms with Crippen molar-refractivity contribution < 1.29 is 5.11 Å². The number of fused-ring (bicyclic) bond motifs is 1. The third-order valence-corrected chi connectivity index (χ3v) is 2.66. The van der Waals surface area contributed by atoms with Gasteiger partial charge in [0.1, 0.15) is 0 Å². The molecule has 2 heterocycles. The van der Waals surface area contributed by atoms with Gasteiger partial charge in [0.05, 0.1) is 12.6 Å². The van der Waals surface area contributed by atoms with Gasteiger partial charge in [0.15, 0.2) is 5.16 Å². The zero-order chi connectivity index (χ0) is 7.84. The largest absolute Gasteiger partial charge is 0.390 e. The number of nitrogen functional groups attached to an aromatic ring is 1. The van der Waals surface area contributed by atoms with E-state index in [1.807, 2.05) is 0 Å². The number of aliphatic hydroxyl groups excluding tert-OH is 1. The maximum atomic E-state index is 9.25. The first-order valence-corrected chi connectivity index (χ1v) is 4.25. The fraction of sp³-hybridized carbons (Fsp3) is 0.600. The lowest BCUT2D eigenvalue weighted by Crippen LogP contribution is -2.24. The van der Waals surface area contributed by atoms with Crippen molar-refractivity contribution in [3.63, 3.8) is 0 Å². The quantitative estimate of drug-likeness (QED) is 0.542. The minimum atomic E-state index is -0.328. The molecule has 0 radical (unpaired) electrons. The Balaban J connectivity index is 2.37. The molecule has 1 atom stereocenters. The fourth-order valence-corrected chi connectivity index (χ4v) is 1.88. The van der Waals surface area contributed by atoms with Crippen LogP contribution in [0.25, 0.3) is 0 Å². The summed E-state index contributed by atoms with van der Waals surface area (Å²) in [7, 11) is 0. The Morgan fingerprint density at radius 2 is 2.45 bits per heavy atom. The molecule has 1 aromatic rings. The SMILES string of the molecule is Nc1nnc2n1C[C@H](O)CS2. The van der Waals surface area contributed by atoms with Crippen molar-refractivity contribution >= 4 is 17.7 Å². The Morgan fingerprint density at radius 1 is 1.64 bits per heavy atom. The van der Waals surface area contributed by atoms with Crippen LogP contribution < -0.4 is 5.73 Å². The highest BCUT2D eigenvalue weighted by Gasteiger charge is 2.20. The molecule has 0 spiro atoms. The normalized spacial score (nSPS) is 23.2. The van der Waals surface area contributed by atoms with Crippen molar-refractivity contribution in [1.82, 2.24) is 14.8 Å². The Morgan fingerprint density at radius 3 is 3.27 bits per heavy atom. The van der Waals surface area contributed by atoms with Gasteiger partial charge in [-0.15, -0.1) is 10.2 Å². The van der Waals surface area contributed by atoms with E-state index in [4.69, 9.17) is 5.73 Å². The predicted molar refractivity (Wildman–Crippen MR) is 41.2 cm³/mol. The summed E-state index contributed by atoms with van der Waals surface area (Å²) < 4.78 is 1.72. The minimum absolute atomic E-state index is 0.328. The van der Waals surface area contributed by atoms with E-state index >= 15 is 0 Å². The number of rotatable bonds is 0. The van der Waals surface area contributed by atoms with Crippen molar-refractivity contribution in [1.29, 1.82) is 0 Å². The molecule has 0 aromatic carbocycles. The average molecular weight is 172 g/mol. The molecule has 11 heavy (non-hydrogen) atoms. The van der Waals surface area contributed by atoms with Crippen molar-refractivity contribution in [3.05, 3.63) is 0 Å². The van der Waals surface area contributed by atoms with Gasteiger partial charge < -0.3 is 10.8 Å². The maximum Gasteiger partial charge on any atom is 0.222 e. The zero-order valence-electron chi connectivity index (χ0n) is 5.77. The Bertz CT molecular complexity index is 273. The van der Waals surface area contributed by atoms with Crippen LogP contribution in [0.1, 0.15) is 0 Å². The topological polar surface area (TPSA) is 77.0 Å². The van der Waals surface area contributed by atoms with Crippen molar-refractivity contribution in [3.8, 4) is 0 Å². The molecule has 2 rings (SSSR count). The molecule has 3 N–H and O–H groups in total. The summed E-state index contributed by atoms with van der Waals surface area (Å²) in [5.74, 6) is 1.06. The number of hydrogen-bond donors (Lipinski definition) is 2. The van der Waals surface area contributed by atoms with E-state index in [9.17, 15) is 5.11 Å². The Labute approximate surface area is 67.6 Å². The van der Waals surface area contributed by atoms with Crippen molar-refractivity contribution in [2.75, 3.05) is 11.5 Å². The molecule has 1 aromatic heterocycles. The lowest BCUT2D eigenvalue weighted by Gasteiger charge is -2.17. The number of nitrogens with zero attached hydrogens (tertiary/aromatic N) is 3. The summed E-state index contributed by atoms with van der Waals surface area (Å²) >= 11 is 1.48. The molecule has 1 aliphatic heterocycles. The molecule has 60 valence electrons. The summed E-state index contributed by atoms with van der Waals surface area (Å²) in [4.78, 5) is 0. The molecule has 0 unspecified atom stereocenters. The van der Waals surface area contributed by atoms with Gasteiger partial charge in [-0.25, -0.2) is 0 Å². The van der Waals surface area contributed by atoms with Crippen LogP contribution in [0, 0.1) is 0 Å². The number of hydrogen-bond acceptors (Lipinski definition) is 5. The van der Waals surface area contributed by atoms with E-state index in [0.29, 0.717) is 18.2 Å². The van der Waals surface area contributed by atoms with Gasteiger partial charge >= 0.3 is 0 Å². The van der Waals surface area contributed by atoms with E-state index in [0.717, 1.165) is 5.16 Å². The smallest absolute Gasteiger partial charge is 0.222 e. The van der Waals surface area contributed by atoms with Crippen LogP contribution in [0.4, 0.5) is 5.95 Å².